The number of ether oxygens (including phenoxy) is 1. The van der Waals surface area contributed by atoms with E-state index in [1.54, 1.807) is 13.8 Å². The van der Waals surface area contributed by atoms with Crippen LogP contribution in [-0.4, -0.2) is 47.6 Å². The van der Waals surface area contributed by atoms with Gasteiger partial charge in [0.1, 0.15) is 17.4 Å². The summed E-state index contributed by atoms with van der Waals surface area (Å²) in [7, 11) is 0. The standard InChI is InChI=1S/C22H24F3N3O4/c1-4-27-9-13(21(31)32-12-5-6-12)20(30)14-15(23)16(24)19(17(25)18(14)27)28-8-7-26-22(3,10-28)11(2)29/h9,12,26H,4-8,10H2,1-3H3. The third-order valence-corrected chi connectivity index (χ3v) is 6.17. The molecule has 2 heterocycles. The fraction of sp³-hybridized carbons (Fsp3) is 0.500. The summed E-state index contributed by atoms with van der Waals surface area (Å²) in [5, 5.41) is 2.19. The number of ketones is 1. The first-order valence-electron chi connectivity index (χ1n) is 10.5. The van der Waals surface area contributed by atoms with Crippen molar-refractivity contribution in [1.82, 2.24) is 9.88 Å². The second-order valence-corrected chi connectivity index (χ2v) is 8.51. The Morgan fingerprint density at radius 3 is 2.50 bits per heavy atom. The first kappa shape index (κ1) is 22.3. The van der Waals surface area contributed by atoms with Crippen LogP contribution in [0.25, 0.3) is 10.9 Å². The van der Waals surface area contributed by atoms with Gasteiger partial charge < -0.3 is 19.5 Å². The summed E-state index contributed by atoms with van der Waals surface area (Å²) < 4.78 is 52.4. The number of carbonyl (C=O) groups excluding carboxylic acids is 2. The number of halogens is 3. The molecule has 1 N–H and O–H groups in total. The molecule has 2 fully saturated rings. The molecule has 1 atom stereocenters. The molecule has 1 saturated carbocycles. The van der Waals surface area contributed by atoms with Crippen LogP contribution in [0.5, 0.6) is 0 Å². The highest BCUT2D eigenvalue weighted by Gasteiger charge is 2.38. The van der Waals surface area contributed by atoms with E-state index in [2.05, 4.69) is 5.32 Å². The third kappa shape index (κ3) is 3.56. The van der Waals surface area contributed by atoms with Gasteiger partial charge in [0.25, 0.3) is 0 Å². The first-order chi connectivity index (χ1) is 15.1. The van der Waals surface area contributed by atoms with Gasteiger partial charge in [-0.2, -0.15) is 0 Å². The van der Waals surface area contributed by atoms with Crippen LogP contribution in [0.15, 0.2) is 11.0 Å². The number of nitrogens with one attached hydrogen (secondary N) is 1. The summed E-state index contributed by atoms with van der Waals surface area (Å²) in [5.74, 6) is -5.35. The number of aromatic nitrogens is 1. The van der Waals surface area contributed by atoms with Gasteiger partial charge in [0.05, 0.1) is 16.4 Å². The van der Waals surface area contributed by atoms with Crippen molar-refractivity contribution in [3.8, 4) is 0 Å². The highest BCUT2D eigenvalue weighted by Crippen LogP contribution is 2.34. The molecule has 7 nitrogen and oxygen atoms in total. The molecule has 10 heteroatoms. The molecule has 2 aromatic rings. The summed E-state index contributed by atoms with van der Waals surface area (Å²) in [5.41, 5.74) is -3.73. The Kier molecular flexibility index (Phi) is 5.52. The number of pyridine rings is 1. The van der Waals surface area contributed by atoms with E-state index in [1.165, 1.54) is 16.4 Å². The molecule has 2 aliphatic rings. The number of hydrogen-bond acceptors (Lipinski definition) is 6. The molecule has 1 aromatic heterocycles. The quantitative estimate of drug-likeness (QED) is 0.556. The number of Topliss-reactive ketones (excluding diaryl/α,β-unsaturated/α-hetero) is 1. The second-order valence-electron chi connectivity index (χ2n) is 8.51. The molecule has 1 aromatic carbocycles. The molecule has 32 heavy (non-hydrogen) atoms. The summed E-state index contributed by atoms with van der Waals surface area (Å²) in [4.78, 5) is 38.6. The van der Waals surface area contributed by atoms with Crippen molar-refractivity contribution >= 4 is 28.3 Å². The van der Waals surface area contributed by atoms with Gasteiger partial charge >= 0.3 is 5.97 Å². The molecular weight excluding hydrogens is 427 g/mol. The van der Waals surface area contributed by atoms with E-state index in [0.717, 1.165) is 6.20 Å². The number of benzene rings is 1. The van der Waals surface area contributed by atoms with Gasteiger partial charge in [-0.15, -0.1) is 0 Å². The van der Waals surface area contributed by atoms with Crippen LogP contribution in [0.4, 0.5) is 18.9 Å². The minimum atomic E-state index is -1.53. The van der Waals surface area contributed by atoms with Crippen molar-refractivity contribution in [3.63, 3.8) is 0 Å². The van der Waals surface area contributed by atoms with Crippen LogP contribution >= 0.6 is 0 Å². The van der Waals surface area contributed by atoms with E-state index in [1.807, 2.05) is 0 Å². The van der Waals surface area contributed by atoms with Crippen molar-refractivity contribution in [2.75, 3.05) is 24.5 Å². The van der Waals surface area contributed by atoms with Crippen LogP contribution in [-0.2, 0) is 16.1 Å². The molecule has 172 valence electrons. The Labute approximate surface area is 182 Å². The van der Waals surface area contributed by atoms with Crippen LogP contribution in [0.2, 0.25) is 0 Å². The summed E-state index contributed by atoms with van der Waals surface area (Å²) in [6.07, 6.45) is 2.17. The molecule has 0 spiro atoms. The molecule has 1 unspecified atom stereocenters. The van der Waals surface area contributed by atoms with Gasteiger partial charge in [-0.05, 0) is 33.6 Å². The lowest BCUT2D eigenvalue weighted by Gasteiger charge is -2.41. The fourth-order valence-corrected chi connectivity index (χ4v) is 4.01. The molecular formula is C22H24F3N3O4. The van der Waals surface area contributed by atoms with Crippen molar-refractivity contribution in [1.29, 1.82) is 0 Å². The predicted octanol–water partition coefficient (Wildman–Crippen LogP) is 2.52. The number of piperazine rings is 1. The normalized spacial score (nSPS) is 21.1. The molecule has 1 aliphatic carbocycles. The Hall–Kier alpha value is -2.88. The largest absolute Gasteiger partial charge is 0.459 e. The Morgan fingerprint density at radius 2 is 1.91 bits per heavy atom. The number of rotatable bonds is 5. The topological polar surface area (TPSA) is 80.6 Å². The average molecular weight is 451 g/mol. The summed E-state index contributed by atoms with van der Waals surface area (Å²) in [6, 6.07) is 0. The van der Waals surface area contributed by atoms with Gasteiger partial charge in [-0.1, -0.05) is 0 Å². The van der Waals surface area contributed by atoms with Gasteiger partial charge in [-0.25, -0.2) is 18.0 Å². The zero-order chi connectivity index (χ0) is 23.4. The first-order valence-corrected chi connectivity index (χ1v) is 10.5. The Morgan fingerprint density at radius 1 is 1.22 bits per heavy atom. The fourth-order valence-electron chi connectivity index (χ4n) is 4.01. The zero-order valence-corrected chi connectivity index (χ0v) is 18.1. The van der Waals surface area contributed by atoms with E-state index in [4.69, 9.17) is 4.74 Å². The van der Waals surface area contributed by atoms with E-state index < -0.39 is 56.5 Å². The van der Waals surface area contributed by atoms with Crippen LogP contribution in [0.3, 0.4) is 0 Å². The maximum Gasteiger partial charge on any atom is 0.343 e. The lowest BCUT2D eigenvalue weighted by Crippen LogP contribution is -2.62. The second kappa shape index (κ2) is 7.91. The SMILES string of the molecule is CCn1cc(C(=O)OC2CC2)c(=O)c2c(F)c(F)c(N3CCNC(C)(C(C)=O)C3)c(F)c21. The molecule has 4 rings (SSSR count). The Balaban J connectivity index is 1.91. The Bertz CT molecular complexity index is 1190. The number of esters is 1. The van der Waals surface area contributed by atoms with E-state index >= 15 is 13.2 Å². The summed E-state index contributed by atoms with van der Waals surface area (Å²) in [6.45, 7) is 4.98. The maximum atomic E-state index is 15.7. The molecule has 0 bridgehead atoms. The number of anilines is 1. The summed E-state index contributed by atoms with van der Waals surface area (Å²) >= 11 is 0. The van der Waals surface area contributed by atoms with Crippen molar-refractivity contribution < 1.29 is 27.5 Å². The van der Waals surface area contributed by atoms with Gasteiger partial charge in [0, 0.05) is 32.4 Å². The number of nitrogens with zero attached hydrogens (tertiary/aromatic N) is 2. The number of fused-ring (bicyclic) bond motifs is 1. The minimum absolute atomic E-state index is 0.0801. The molecule has 0 amide bonds. The lowest BCUT2D eigenvalue weighted by atomic mass is 9.94. The van der Waals surface area contributed by atoms with Crippen molar-refractivity contribution in [3.05, 3.63) is 39.4 Å². The van der Waals surface area contributed by atoms with Gasteiger partial charge in [-0.3, -0.25) is 9.59 Å². The third-order valence-electron chi connectivity index (χ3n) is 6.17. The van der Waals surface area contributed by atoms with E-state index in [9.17, 15) is 14.4 Å². The van der Waals surface area contributed by atoms with Gasteiger partial charge in [0.15, 0.2) is 23.2 Å². The monoisotopic (exact) mass is 451 g/mol. The molecule has 1 saturated heterocycles. The van der Waals surface area contributed by atoms with Crippen molar-refractivity contribution in [2.24, 2.45) is 0 Å². The van der Waals surface area contributed by atoms with Crippen LogP contribution in [0, 0.1) is 17.5 Å². The van der Waals surface area contributed by atoms with Gasteiger partial charge in [0.2, 0.25) is 5.43 Å². The highest BCUT2D eigenvalue weighted by molar-refractivity contribution is 5.95. The van der Waals surface area contributed by atoms with E-state index in [0.29, 0.717) is 12.8 Å². The number of carbonyl (C=O) groups is 2. The van der Waals surface area contributed by atoms with Crippen molar-refractivity contribution in [2.45, 2.75) is 51.8 Å². The molecule has 0 radical (unpaired) electrons. The van der Waals surface area contributed by atoms with E-state index in [-0.39, 0.29) is 38.1 Å². The van der Waals surface area contributed by atoms with Crippen LogP contribution in [0.1, 0.15) is 44.0 Å². The predicted molar refractivity (Wildman–Crippen MR) is 111 cm³/mol. The smallest absolute Gasteiger partial charge is 0.343 e. The number of aryl methyl sites for hydroxylation is 1. The number of hydrogen-bond donors (Lipinski definition) is 1. The highest BCUT2D eigenvalue weighted by atomic mass is 19.2. The lowest BCUT2D eigenvalue weighted by molar-refractivity contribution is -0.122. The minimum Gasteiger partial charge on any atom is -0.459 e. The molecule has 1 aliphatic heterocycles. The zero-order valence-electron chi connectivity index (χ0n) is 18.1. The maximum absolute atomic E-state index is 15.7. The average Bonchev–Trinajstić information content (AvgIpc) is 3.56. The van der Waals surface area contributed by atoms with Crippen LogP contribution < -0.4 is 15.6 Å².